The topological polar surface area (TPSA) is 54.0 Å². The van der Waals surface area contributed by atoms with Crippen molar-refractivity contribution in [3.8, 4) is 0 Å². The molecule has 1 aromatic heterocycles. The second kappa shape index (κ2) is 5.36. The minimum absolute atomic E-state index is 0.00880. The average molecular weight is 255 g/mol. The number of para-hydroxylation sites is 1. The van der Waals surface area contributed by atoms with Gasteiger partial charge in [-0.25, -0.2) is 0 Å². The van der Waals surface area contributed by atoms with E-state index in [0.717, 1.165) is 37.0 Å². The van der Waals surface area contributed by atoms with Gasteiger partial charge in [-0.1, -0.05) is 18.2 Å². The van der Waals surface area contributed by atoms with Crippen LogP contribution in [0.25, 0.3) is 10.9 Å². The molecule has 2 aromatic rings. The third-order valence-corrected chi connectivity index (χ3v) is 3.61. The molecule has 1 aliphatic rings. The Morgan fingerprint density at radius 1 is 1.37 bits per heavy atom. The maximum absolute atomic E-state index is 12.3. The number of nitrogens with zero attached hydrogens (tertiary/aromatic N) is 1. The zero-order valence-corrected chi connectivity index (χ0v) is 10.7. The molecule has 0 bridgehead atoms. The van der Waals surface area contributed by atoms with Gasteiger partial charge in [0.25, 0.3) is 5.91 Å². The lowest BCUT2D eigenvalue weighted by Crippen LogP contribution is -2.30. The summed E-state index contributed by atoms with van der Waals surface area (Å²) in [5, 5.41) is 7.24. The highest BCUT2D eigenvalue weighted by Gasteiger charge is 2.16. The first kappa shape index (κ1) is 12.1. The number of amides is 1. The lowest BCUT2D eigenvalue weighted by atomic mass is 10.1. The Hall–Kier alpha value is -1.94. The highest BCUT2D eigenvalue weighted by atomic mass is 16.1. The molecule has 2 N–H and O–H groups in total. The summed E-state index contributed by atoms with van der Waals surface area (Å²) >= 11 is 0. The van der Waals surface area contributed by atoms with Crippen LogP contribution in [-0.4, -0.2) is 30.5 Å². The number of hydrogen-bond acceptors (Lipinski definition) is 3. The van der Waals surface area contributed by atoms with Gasteiger partial charge in [-0.3, -0.25) is 9.78 Å². The van der Waals surface area contributed by atoms with E-state index in [1.54, 1.807) is 12.3 Å². The van der Waals surface area contributed by atoms with Crippen LogP contribution in [0.2, 0.25) is 0 Å². The van der Waals surface area contributed by atoms with Crippen molar-refractivity contribution in [2.45, 2.75) is 6.42 Å². The predicted molar refractivity (Wildman–Crippen MR) is 75.1 cm³/mol. The summed E-state index contributed by atoms with van der Waals surface area (Å²) in [6.07, 6.45) is 2.83. The number of fused-ring (bicyclic) bond motifs is 1. The van der Waals surface area contributed by atoms with Crippen molar-refractivity contribution in [1.29, 1.82) is 0 Å². The number of benzene rings is 1. The fourth-order valence-corrected chi connectivity index (χ4v) is 2.51. The molecule has 3 rings (SSSR count). The van der Waals surface area contributed by atoms with E-state index in [1.807, 2.05) is 24.3 Å². The van der Waals surface area contributed by atoms with Crippen molar-refractivity contribution in [2.75, 3.05) is 19.6 Å². The summed E-state index contributed by atoms with van der Waals surface area (Å²) in [6, 6.07) is 9.51. The molecule has 19 heavy (non-hydrogen) atoms. The minimum atomic E-state index is -0.00880. The summed E-state index contributed by atoms with van der Waals surface area (Å²) in [5.74, 6) is 0.544. The van der Waals surface area contributed by atoms with E-state index in [-0.39, 0.29) is 5.91 Å². The number of nitrogens with one attached hydrogen (secondary N) is 2. The maximum Gasteiger partial charge on any atom is 0.252 e. The molecule has 1 aliphatic heterocycles. The second-order valence-corrected chi connectivity index (χ2v) is 4.94. The molecular weight excluding hydrogens is 238 g/mol. The van der Waals surface area contributed by atoms with Crippen LogP contribution < -0.4 is 10.6 Å². The number of aromatic nitrogens is 1. The number of hydrogen-bond donors (Lipinski definition) is 2. The Bertz CT molecular complexity index is 585. The second-order valence-electron chi connectivity index (χ2n) is 4.94. The van der Waals surface area contributed by atoms with Gasteiger partial charge in [-0.15, -0.1) is 0 Å². The van der Waals surface area contributed by atoms with Crippen molar-refractivity contribution in [3.05, 3.63) is 42.1 Å². The summed E-state index contributed by atoms with van der Waals surface area (Å²) in [6.45, 7) is 2.79. The SMILES string of the molecule is O=C(NCC1CCNC1)c1ccnc2ccccc12. The molecule has 1 amide bonds. The number of pyridine rings is 1. The highest BCUT2D eigenvalue weighted by Crippen LogP contribution is 2.16. The van der Waals surface area contributed by atoms with Crippen LogP contribution in [0, 0.1) is 5.92 Å². The molecule has 1 saturated heterocycles. The van der Waals surface area contributed by atoms with Gasteiger partial charge in [-0.05, 0) is 37.6 Å². The van der Waals surface area contributed by atoms with Crippen LogP contribution in [-0.2, 0) is 0 Å². The Labute approximate surface area is 112 Å². The van der Waals surface area contributed by atoms with Crippen LogP contribution in [0.1, 0.15) is 16.8 Å². The molecule has 2 heterocycles. The van der Waals surface area contributed by atoms with E-state index >= 15 is 0 Å². The molecule has 0 saturated carbocycles. The molecule has 1 unspecified atom stereocenters. The largest absolute Gasteiger partial charge is 0.352 e. The Balaban J connectivity index is 1.77. The average Bonchev–Trinajstić information content (AvgIpc) is 2.97. The normalized spacial score (nSPS) is 18.6. The van der Waals surface area contributed by atoms with Crippen molar-refractivity contribution < 1.29 is 4.79 Å². The fraction of sp³-hybridized carbons (Fsp3) is 0.333. The van der Waals surface area contributed by atoms with Crippen LogP contribution >= 0.6 is 0 Å². The van der Waals surface area contributed by atoms with E-state index in [2.05, 4.69) is 15.6 Å². The van der Waals surface area contributed by atoms with Gasteiger partial charge in [-0.2, -0.15) is 0 Å². The summed E-state index contributed by atoms with van der Waals surface area (Å²) in [7, 11) is 0. The maximum atomic E-state index is 12.3. The monoisotopic (exact) mass is 255 g/mol. The van der Waals surface area contributed by atoms with E-state index in [0.29, 0.717) is 11.5 Å². The van der Waals surface area contributed by atoms with E-state index in [1.165, 1.54) is 0 Å². The van der Waals surface area contributed by atoms with E-state index in [4.69, 9.17) is 0 Å². The zero-order chi connectivity index (χ0) is 13.1. The first-order chi connectivity index (χ1) is 9.34. The van der Waals surface area contributed by atoms with Crippen LogP contribution in [0.3, 0.4) is 0 Å². The summed E-state index contributed by atoms with van der Waals surface area (Å²) in [4.78, 5) is 16.5. The van der Waals surface area contributed by atoms with Crippen LogP contribution in [0.15, 0.2) is 36.5 Å². The molecule has 0 radical (unpaired) electrons. The number of carbonyl (C=O) groups excluding carboxylic acids is 1. The first-order valence-electron chi connectivity index (χ1n) is 6.67. The molecule has 1 fully saturated rings. The predicted octanol–water partition coefficient (Wildman–Crippen LogP) is 1.57. The lowest BCUT2D eigenvalue weighted by Gasteiger charge is -2.11. The van der Waals surface area contributed by atoms with E-state index in [9.17, 15) is 4.79 Å². The third-order valence-electron chi connectivity index (χ3n) is 3.61. The first-order valence-corrected chi connectivity index (χ1v) is 6.67. The van der Waals surface area contributed by atoms with Crippen molar-refractivity contribution in [3.63, 3.8) is 0 Å². The van der Waals surface area contributed by atoms with Crippen molar-refractivity contribution in [1.82, 2.24) is 15.6 Å². The molecule has 0 spiro atoms. The Morgan fingerprint density at radius 2 is 2.26 bits per heavy atom. The molecule has 0 aliphatic carbocycles. The van der Waals surface area contributed by atoms with Gasteiger partial charge in [0.05, 0.1) is 11.1 Å². The Kier molecular flexibility index (Phi) is 3.42. The molecular formula is C15H17N3O. The molecule has 4 heteroatoms. The minimum Gasteiger partial charge on any atom is -0.352 e. The number of carbonyl (C=O) groups is 1. The van der Waals surface area contributed by atoms with Crippen LogP contribution in [0.5, 0.6) is 0 Å². The third kappa shape index (κ3) is 2.58. The molecule has 98 valence electrons. The van der Waals surface area contributed by atoms with Gasteiger partial charge in [0.2, 0.25) is 0 Å². The standard InChI is InChI=1S/C15H17N3O/c19-15(18-10-11-5-7-16-9-11)13-6-8-17-14-4-2-1-3-12(13)14/h1-4,6,8,11,16H,5,7,9-10H2,(H,18,19). The van der Waals surface area contributed by atoms with Crippen LogP contribution in [0.4, 0.5) is 0 Å². The van der Waals surface area contributed by atoms with Crippen molar-refractivity contribution >= 4 is 16.8 Å². The molecule has 4 nitrogen and oxygen atoms in total. The Morgan fingerprint density at radius 3 is 3.11 bits per heavy atom. The lowest BCUT2D eigenvalue weighted by molar-refractivity contribution is 0.0950. The zero-order valence-electron chi connectivity index (χ0n) is 10.7. The smallest absolute Gasteiger partial charge is 0.252 e. The van der Waals surface area contributed by atoms with Gasteiger partial charge in [0, 0.05) is 18.1 Å². The number of rotatable bonds is 3. The highest BCUT2D eigenvalue weighted by molar-refractivity contribution is 6.05. The summed E-state index contributed by atoms with van der Waals surface area (Å²) in [5.41, 5.74) is 1.56. The molecule has 1 aromatic carbocycles. The fourth-order valence-electron chi connectivity index (χ4n) is 2.51. The quantitative estimate of drug-likeness (QED) is 0.875. The van der Waals surface area contributed by atoms with Crippen molar-refractivity contribution in [2.24, 2.45) is 5.92 Å². The van der Waals surface area contributed by atoms with Gasteiger partial charge in [0.1, 0.15) is 0 Å². The van der Waals surface area contributed by atoms with E-state index < -0.39 is 0 Å². The van der Waals surface area contributed by atoms with Gasteiger partial charge in [0.15, 0.2) is 0 Å². The molecule has 1 atom stereocenters. The van der Waals surface area contributed by atoms with Gasteiger partial charge < -0.3 is 10.6 Å². The summed E-state index contributed by atoms with van der Waals surface area (Å²) < 4.78 is 0. The van der Waals surface area contributed by atoms with Gasteiger partial charge >= 0.3 is 0 Å².